The number of rotatable bonds is 6. The monoisotopic (exact) mass is 298 g/mol. The van der Waals surface area contributed by atoms with Gasteiger partial charge < -0.3 is 14.6 Å². The van der Waals surface area contributed by atoms with E-state index in [0.717, 1.165) is 36.1 Å². The number of fused-ring (bicyclic) bond motifs is 1. The van der Waals surface area contributed by atoms with Gasteiger partial charge >= 0.3 is 5.97 Å². The maximum Gasteiger partial charge on any atom is 0.322 e. The number of likely N-dealkylation sites (N-methyl/N-ethyl adjacent to an activating group) is 1. The largest absolute Gasteiger partial charge is 0.468 e. The summed E-state index contributed by atoms with van der Waals surface area (Å²) < 4.78 is 6.98. The van der Waals surface area contributed by atoms with Gasteiger partial charge in [0.25, 0.3) is 0 Å². The highest BCUT2D eigenvalue weighted by Crippen LogP contribution is 2.22. The minimum absolute atomic E-state index is 0.215. The van der Waals surface area contributed by atoms with Gasteiger partial charge in [-0.3, -0.25) is 4.79 Å². The summed E-state index contributed by atoms with van der Waals surface area (Å²) >= 11 is 1.66. The lowest BCUT2D eigenvalue weighted by Gasteiger charge is -2.13. The fraction of sp³-hybridized carbons (Fsp3) is 0.769. The zero-order valence-electron chi connectivity index (χ0n) is 12.1. The van der Waals surface area contributed by atoms with Crippen LogP contribution in [0.15, 0.2) is 5.16 Å². The molecule has 1 unspecified atom stereocenters. The molecule has 0 spiro atoms. The molecular formula is C13H22N4O2S. The van der Waals surface area contributed by atoms with Gasteiger partial charge in [0.2, 0.25) is 0 Å². The maximum absolute atomic E-state index is 11.5. The van der Waals surface area contributed by atoms with E-state index in [-0.39, 0.29) is 12.0 Å². The standard InChI is InChI=1S/C13H22N4O2S/c1-14-10(12(18)19-2)7-9-20-13-16-15-11-6-4-3-5-8-17(11)13/h10,14H,3-9H2,1-2H3. The van der Waals surface area contributed by atoms with Crippen molar-refractivity contribution in [3.63, 3.8) is 0 Å². The first-order chi connectivity index (χ1) is 9.76. The van der Waals surface area contributed by atoms with Crippen molar-refractivity contribution in [1.82, 2.24) is 20.1 Å². The van der Waals surface area contributed by atoms with Crippen LogP contribution in [0.4, 0.5) is 0 Å². The molecule has 2 heterocycles. The fourth-order valence-electron chi connectivity index (χ4n) is 2.36. The van der Waals surface area contributed by atoms with Gasteiger partial charge in [0.1, 0.15) is 11.9 Å². The van der Waals surface area contributed by atoms with E-state index in [2.05, 4.69) is 20.1 Å². The number of nitrogens with one attached hydrogen (secondary N) is 1. The van der Waals surface area contributed by atoms with Crippen molar-refractivity contribution in [3.8, 4) is 0 Å². The number of nitrogens with zero attached hydrogens (tertiary/aromatic N) is 3. The zero-order valence-corrected chi connectivity index (χ0v) is 12.9. The molecule has 7 heteroatoms. The quantitative estimate of drug-likeness (QED) is 0.629. The molecule has 0 amide bonds. The summed E-state index contributed by atoms with van der Waals surface area (Å²) in [4.78, 5) is 11.5. The van der Waals surface area contributed by atoms with Gasteiger partial charge in [-0.2, -0.15) is 0 Å². The van der Waals surface area contributed by atoms with Crippen LogP contribution in [0.25, 0.3) is 0 Å². The van der Waals surface area contributed by atoms with Crippen molar-refractivity contribution in [2.24, 2.45) is 0 Å². The summed E-state index contributed by atoms with van der Waals surface area (Å²) in [6.07, 6.45) is 5.40. The van der Waals surface area contributed by atoms with E-state index in [0.29, 0.717) is 0 Å². The second-order valence-corrected chi connectivity index (χ2v) is 5.92. The Morgan fingerprint density at radius 2 is 2.30 bits per heavy atom. The molecule has 1 atom stereocenters. The topological polar surface area (TPSA) is 69.0 Å². The number of hydrogen-bond acceptors (Lipinski definition) is 6. The summed E-state index contributed by atoms with van der Waals surface area (Å²) in [5.41, 5.74) is 0. The molecule has 6 nitrogen and oxygen atoms in total. The summed E-state index contributed by atoms with van der Waals surface area (Å²) in [7, 11) is 3.19. The lowest BCUT2D eigenvalue weighted by Crippen LogP contribution is -2.35. The predicted octanol–water partition coefficient (Wildman–Crippen LogP) is 1.25. The summed E-state index contributed by atoms with van der Waals surface area (Å²) in [6, 6.07) is -0.251. The Kier molecular flexibility index (Phi) is 5.85. The Labute approximate surface area is 123 Å². The van der Waals surface area contributed by atoms with Crippen molar-refractivity contribution in [1.29, 1.82) is 0 Å². The van der Waals surface area contributed by atoms with Crippen LogP contribution in [-0.4, -0.2) is 46.7 Å². The van der Waals surface area contributed by atoms with E-state index < -0.39 is 0 Å². The molecule has 0 radical (unpaired) electrons. The second-order valence-electron chi connectivity index (χ2n) is 4.86. The molecule has 0 saturated carbocycles. The lowest BCUT2D eigenvalue weighted by atomic mass is 10.2. The van der Waals surface area contributed by atoms with E-state index in [1.54, 1.807) is 18.8 Å². The molecule has 0 aliphatic carbocycles. The molecule has 20 heavy (non-hydrogen) atoms. The van der Waals surface area contributed by atoms with Crippen LogP contribution in [0, 0.1) is 0 Å². The maximum atomic E-state index is 11.5. The molecule has 2 rings (SSSR count). The lowest BCUT2D eigenvalue weighted by molar-refractivity contribution is -0.143. The van der Waals surface area contributed by atoms with Crippen molar-refractivity contribution in [2.45, 2.75) is 49.8 Å². The number of hydrogen-bond donors (Lipinski definition) is 1. The van der Waals surface area contributed by atoms with Crippen LogP contribution in [0.3, 0.4) is 0 Å². The molecule has 112 valence electrons. The Bertz CT molecular complexity index is 450. The highest BCUT2D eigenvalue weighted by molar-refractivity contribution is 7.99. The third-order valence-corrected chi connectivity index (χ3v) is 4.55. The minimum Gasteiger partial charge on any atom is -0.468 e. The molecule has 1 N–H and O–H groups in total. The molecule has 1 aromatic rings. The highest BCUT2D eigenvalue weighted by atomic mass is 32.2. The minimum atomic E-state index is -0.251. The van der Waals surface area contributed by atoms with Gasteiger partial charge in [0.15, 0.2) is 5.16 Å². The molecular weight excluding hydrogens is 276 g/mol. The van der Waals surface area contributed by atoms with E-state index >= 15 is 0 Å². The SMILES string of the molecule is CNC(CCSc1nnc2n1CCCCC2)C(=O)OC. The first-order valence-electron chi connectivity index (χ1n) is 7.06. The number of methoxy groups -OCH3 is 1. The number of thioether (sulfide) groups is 1. The van der Waals surface area contributed by atoms with Crippen LogP contribution < -0.4 is 5.32 Å². The van der Waals surface area contributed by atoms with Crippen molar-refractivity contribution in [2.75, 3.05) is 19.9 Å². The molecule has 0 bridgehead atoms. The van der Waals surface area contributed by atoms with Gasteiger partial charge in [0.05, 0.1) is 7.11 Å². The van der Waals surface area contributed by atoms with Gasteiger partial charge in [-0.05, 0) is 26.3 Å². The van der Waals surface area contributed by atoms with Gasteiger partial charge in [-0.1, -0.05) is 18.2 Å². The Morgan fingerprint density at radius 1 is 1.45 bits per heavy atom. The number of ether oxygens (including phenoxy) is 1. The molecule has 0 fully saturated rings. The second kappa shape index (κ2) is 7.64. The fourth-order valence-corrected chi connectivity index (χ4v) is 3.34. The highest BCUT2D eigenvalue weighted by Gasteiger charge is 2.18. The molecule has 1 aliphatic heterocycles. The first-order valence-corrected chi connectivity index (χ1v) is 8.04. The van der Waals surface area contributed by atoms with Crippen molar-refractivity contribution < 1.29 is 9.53 Å². The number of aromatic nitrogens is 3. The normalized spacial score (nSPS) is 16.3. The van der Waals surface area contributed by atoms with Crippen molar-refractivity contribution in [3.05, 3.63) is 5.82 Å². The first kappa shape index (κ1) is 15.3. The van der Waals surface area contributed by atoms with Gasteiger partial charge in [-0.15, -0.1) is 10.2 Å². The van der Waals surface area contributed by atoms with Crippen molar-refractivity contribution >= 4 is 17.7 Å². The third-order valence-electron chi connectivity index (χ3n) is 3.55. The van der Waals surface area contributed by atoms with E-state index in [4.69, 9.17) is 4.74 Å². The molecule has 0 aromatic carbocycles. The van der Waals surface area contributed by atoms with E-state index in [1.807, 2.05) is 0 Å². The Morgan fingerprint density at radius 3 is 3.05 bits per heavy atom. The van der Waals surface area contributed by atoms with Crippen LogP contribution in [0.1, 0.15) is 31.5 Å². The molecule has 1 aromatic heterocycles. The number of esters is 1. The van der Waals surface area contributed by atoms with E-state index in [1.165, 1.54) is 26.4 Å². The third kappa shape index (κ3) is 3.73. The van der Waals surface area contributed by atoms with Crippen LogP contribution in [0.2, 0.25) is 0 Å². The van der Waals surface area contributed by atoms with Gasteiger partial charge in [0, 0.05) is 18.7 Å². The Balaban J connectivity index is 1.88. The van der Waals surface area contributed by atoms with Crippen LogP contribution in [0.5, 0.6) is 0 Å². The van der Waals surface area contributed by atoms with Gasteiger partial charge in [-0.25, -0.2) is 0 Å². The summed E-state index contributed by atoms with van der Waals surface area (Å²) in [5, 5.41) is 12.5. The average molecular weight is 298 g/mol. The zero-order chi connectivity index (χ0) is 14.4. The number of carbonyl (C=O) groups excluding carboxylic acids is 1. The van der Waals surface area contributed by atoms with E-state index in [9.17, 15) is 4.79 Å². The molecule has 0 saturated heterocycles. The van der Waals surface area contributed by atoms with Crippen LogP contribution >= 0.6 is 11.8 Å². The number of aryl methyl sites for hydroxylation is 1. The molecule has 1 aliphatic rings. The number of carbonyl (C=O) groups is 1. The summed E-state index contributed by atoms with van der Waals surface area (Å²) in [5.74, 6) is 1.70. The predicted molar refractivity (Wildman–Crippen MR) is 77.8 cm³/mol. The smallest absolute Gasteiger partial charge is 0.322 e. The average Bonchev–Trinajstić information content (AvgIpc) is 2.70. The Hall–Kier alpha value is -1.08. The van der Waals surface area contributed by atoms with Crippen LogP contribution in [-0.2, 0) is 22.5 Å². The summed E-state index contributed by atoms with van der Waals surface area (Å²) in [6.45, 7) is 1.01.